The highest BCUT2D eigenvalue weighted by atomic mass is 16.4. The zero-order valence-electron chi connectivity index (χ0n) is 13.9. The molecule has 3 heterocycles. The molecule has 7 heteroatoms. The highest BCUT2D eigenvalue weighted by molar-refractivity contribution is 6.06. The zero-order valence-corrected chi connectivity index (χ0v) is 13.9. The third kappa shape index (κ3) is 2.86. The lowest BCUT2D eigenvalue weighted by molar-refractivity contribution is 0.0698. The SMILES string of the molecule is CCc1ccc2occ(C(=O)N3CCCC(c4n[nH]c(=O)o4)C3)c2c1. The molecule has 1 atom stereocenters. The van der Waals surface area contributed by atoms with Gasteiger partial charge in [0.2, 0.25) is 5.89 Å². The lowest BCUT2D eigenvalue weighted by Gasteiger charge is -2.30. The first kappa shape index (κ1) is 15.7. The van der Waals surface area contributed by atoms with Crippen molar-refractivity contribution in [2.45, 2.75) is 32.1 Å². The summed E-state index contributed by atoms with van der Waals surface area (Å²) in [6.07, 6.45) is 4.11. The standard InChI is InChI=1S/C18H19N3O4/c1-2-11-5-6-15-13(8-11)14(10-24-15)17(22)21-7-3-4-12(9-21)16-19-20-18(23)25-16/h5-6,8,10,12H,2-4,7,9H2,1H3,(H,20,23). The summed E-state index contributed by atoms with van der Waals surface area (Å²) in [5, 5.41) is 7.04. The first-order valence-corrected chi connectivity index (χ1v) is 8.50. The summed E-state index contributed by atoms with van der Waals surface area (Å²) >= 11 is 0. The molecule has 1 N–H and O–H groups in total. The fourth-order valence-electron chi connectivity index (χ4n) is 3.41. The fraction of sp³-hybridized carbons (Fsp3) is 0.389. The van der Waals surface area contributed by atoms with Crippen molar-refractivity contribution < 1.29 is 13.6 Å². The molecule has 130 valence electrons. The first-order chi connectivity index (χ1) is 12.2. The molecule has 1 aromatic carbocycles. The summed E-state index contributed by atoms with van der Waals surface area (Å²) in [6.45, 7) is 3.23. The molecule has 1 amide bonds. The van der Waals surface area contributed by atoms with Crippen molar-refractivity contribution in [3.63, 3.8) is 0 Å². The third-order valence-corrected chi connectivity index (χ3v) is 4.79. The Bertz CT molecular complexity index is 968. The maximum Gasteiger partial charge on any atom is 0.434 e. The van der Waals surface area contributed by atoms with E-state index in [0.717, 1.165) is 30.2 Å². The minimum absolute atomic E-state index is 0.0606. The zero-order chi connectivity index (χ0) is 17.4. The van der Waals surface area contributed by atoms with Crippen LogP contribution in [0.2, 0.25) is 0 Å². The van der Waals surface area contributed by atoms with Gasteiger partial charge in [-0.05, 0) is 37.0 Å². The normalized spacial score (nSPS) is 18.0. The largest absolute Gasteiger partial charge is 0.463 e. The van der Waals surface area contributed by atoms with Crippen LogP contribution in [0.4, 0.5) is 0 Å². The van der Waals surface area contributed by atoms with Gasteiger partial charge in [-0.1, -0.05) is 13.0 Å². The lowest BCUT2D eigenvalue weighted by Crippen LogP contribution is -2.39. The summed E-state index contributed by atoms with van der Waals surface area (Å²) in [5.74, 6) is -0.324. The van der Waals surface area contributed by atoms with Crippen molar-refractivity contribution in [1.82, 2.24) is 15.1 Å². The molecule has 0 radical (unpaired) electrons. The number of benzene rings is 1. The number of hydrogen-bond donors (Lipinski definition) is 1. The number of amides is 1. The Labute approximate surface area is 143 Å². The third-order valence-electron chi connectivity index (χ3n) is 4.79. The number of aromatic amines is 1. The van der Waals surface area contributed by atoms with Crippen molar-refractivity contribution in [3.05, 3.63) is 52.0 Å². The molecule has 1 unspecified atom stereocenters. The number of piperidine rings is 1. The second-order valence-corrected chi connectivity index (χ2v) is 6.38. The van der Waals surface area contributed by atoms with Crippen LogP contribution in [0.15, 0.2) is 38.1 Å². The van der Waals surface area contributed by atoms with Gasteiger partial charge in [0.25, 0.3) is 5.91 Å². The maximum absolute atomic E-state index is 13.0. The number of fused-ring (bicyclic) bond motifs is 1. The number of furan rings is 1. The minimum Gasteiger partial charge on any atom is -0.463 e. The Morgan fingerprint density at radius 1 is 1.44 bits per heavy atom. The van der Waals surface area contributed by atoms with E-state index in [1.54, 1.807) is 4.90 Å². The van der Waals surface area contributed by atoms with Gasteiger partial charge in [-0.25, -0.2) is 9.89 Å². The van der Waals surface area contributed by atoms with Crippen LogP contribution in [-0.2, 0) is 6.42 Å². The number of carbonyl (C=O) groups is 1. The number of aryl methyl sites for hydroxylation is 1. The monoisotopic (exact) mass is 341 g/mol. The van der Waals surface area contributed by atoms with Gasteiger partial charge in [-0.15, -0.1) is 5.10 Å². The van der Waals surface area contributed by atoms with E-state index >= 15 is 0 Å². The van der Waals surface area contributed by atoms with Gasteiger partial charge in [0.05, 0.1) is 11.5 Å². The molecule has 0 bridgehead atoms. The van der Waals surface area contributed by atoms with E-state index in [2.05, 4.69) is 17.1 Å². The summed E-state index contributed by atoms with van der Waals surface area (Å²) in [7, 11) is 0. The smallest absolute Gasteiger partial charge is 0.434 e. The van der Waals surface area contributed by atoms with Gasteiger partial charge in [0, 0.05) is 18.5 Å². The van der Waals surface area contributed by atoms with E-state index in [0.29, 0.717) is 30.1 Å². The molecule has 1 fully saturated rings. The summed E-state index contributed by atoms with van der Waals surface area (Å²) in [5.41, 5.74) is 2.46. The molecular formula is C18H19N3O4. The molecule has 0 saturated carbocycles. The van der Waals surface area contributed by atoms with Crippen LogP contribution in [0.3, 0.4) is 0 Å². The average molecular weight is 341 g/mol. The molecule has 3 aromatic rings. The van der Waals surface area contributed by atoms with Crippen LogP contribution in [0.25, 0.3) is 11.0 Å². The van der Waals surface area contributed by atoms with E-state index in [1.807, 2.05) is 18.2 Å². The Morgan fingerprint density at radius 3 is 3.08 bits per heavy atom. The summed E-state index contributed by atoms with van der Waals surface area (Å²) in [4.78, 5) is 25.9. The Balaban J connectivity index is 1.61. The van der Waals surface area contributed by atoms with Crippen molar-refractivity contribution in [2.24, 2.45) is 0 Å². The van der Waals surface area contributed by atoms with Gasteiger partial charge in [-0.2, -0.15) is 0 Å². The molecule has 1 saturated heterocycles. The number of aromatic nitrogens is 2. The Morgan fingerprint density at radius 2 is 2.32 bits per heavy atom. The quantitative estimate of drug-likeness (QED) is 0.791. The number of carbonyl (C=O) groups excluding carboxylic acids is 1. The van der Waals surface area contributed by atoms with Crippen LogP contribution < -0.4 is 5.76 Å². The first-order valence-electron chi connectivity index (χ1n) is 8.50. The van der Waals surface area contributed by atoms with Crippen LogP contribution in [0, 0.1) is 0 Å². The molecule has 2 aromatic heterocycles. The molecule has 7 nitrogen and oxygen atoms in total. The lowest BCUT2D eigenvalue weighted by atomic mass is 9.97. The van der Waals surface area contributed by atoms with Crippen LogP contribution in [0.1, 0.15) is 47.5 Å². The van der Waals surface area contributed by atoms with Crippen molar-refractivity contribution in [1.29, 1.82) is 0 Å². The van der Waals surface area contributed by atoms with Crippen LogP contribution in [-0.4, -0.2) is 34.1 Å². The summed E-state index contributed by atoms with van der Waals surface area (Å²) < 4.78 is 10.6. The average Bonchev–Trinajstić information content (AvgIpc) is 3.27. The number of likely N-dealkylation sites (tertiary alicyclic amines) is 1. The van der Waals surface area contributed by atoms with Gasteiger partial charge in [0.15, 0.2) is 0 Å². The van der Waals surface area contributed by atoms with E-state index < -0.39 is 5.76 Å². The second kappa shape index (κ2) is 6.23. The Kier molecular flexibility index (Phi) is 3.91. The van der Waals surface area contributed by atoms with Gasteiger partial charge in [0.1, 0.15) is 11.8 Å². The van der Waals surface area contributed by atoms with Gasteiger partial charge < -0.3 is 13.7 Å². The molecule has 1 aliphatic rings. The van der Waals surface area contributed by atoms with Crippen molar-refractivity contribution in [3.8, 4) is 0 Å². The second-order valence-electron chi connectivity index (χ2n) is 6.38. The minimum atomic E-state index is -0.564. The number of hydrogen-bond acceptors (Lipinski definition) is 5. The predicted octanol–water partition coefficient (Wildman–Crippen LogP) is 2.69. The van der Waals surface area contributed by atoms with Crippen LogP contribution >= 0.6 is 0 Å². The highest BCUT2D eigenvalue weighted by Gasteiger charge is 2.30. The maximum atomic E-state index is 13.0. The van der Waals surface area contributed by atoms with Crippen LogP contribution in [0.5, 0.6) is 0 Å². The topological polar surface area (TPSA) is 92.3 Å². The molecular weight excluding hydrogens is 322 g/mol. The van der Waals surface area contributed by atoms with E-state index in [1.165, 1.54) is 6.26 Å². The summed E-state index contributed by atoms with van der Waals surface area (Å²) in [6, 6.07) is 5.93. The molecule has 4 rings (SSSR count). The van der Waals surface area contributed by atoms with E-state index in [9.17, 15) is 9.59 Å². The number of nitrogens with zero attached hydrogens (tertiary/aromatic N) is 2. The van der Waals surface area contributed by atoms with E-state index in [4.69, 9.17) is 8.83 Å². The number of nitrogens with one attached hydrogen (secondary N) is 1. The predicted molar refractivity (Wildman–Crippen MR) is 90.6 cm³/mol. The van der Waals surface area contributed by atoms with Crippen molar-refractivity contribution in [2.75, 3.05) is 13.1 Å². The molecule has 25 heavy (non-hydrogen) atoms. The number of H-pyrrole nitrogens is 1. The number of rotatable bonds is 3. The Hall–Kier alpha value is -2.83. The van der Waals surface area contributed by atoms with Gasteiger partial charge in [-0.3, -0.25) is 4.79 Å². The van der Waals surface area contributed by atoms with E-state index in [-0.39, 0.29) is 11.8 Å². The fourth-order valence-corrected chi connectivity index (χ4v) is 3.41. The molecule has 0 spiro atoms. The van der Waals surface area contributed by atoms with Crippen molar-refractivity contribution >= 4 is 16.9 Å². The molecule has 1 aliphatic heterocycles. The highest BCUT2D eigenvalue weighted by Crippen LogP contribution is 2.29. The molecule has 0 aliphatic carbocycles. The van der Waals surface area contributed by atoms with Gasteiger partial charge >= 0.3 is 5.76 Å².